The molecular weight excluding hydrogens is 167 g/mol. The molecule has 0 amide bonds. The van der Waals surface area contributed by atoms with Crippen molar-refractivity contribution in [1.29, 1.82) is 0 Å². The third-order valence-corrected chi connectivity index (χ3v) is 2.22. The largest absolute Gasteiger partial charge is 0.268 e. The van der Waals surface area contributed by atoms with Crippen molar-refractivity contribution < 1.29 is 4.39 Å². The summed E-state index contributed by atoms with van der Waals surface area (Å²) in [6.45, 7) is 2.05. The second kappa shape index (κ2) is 2.83. The van der Waals surface area contributed by atoms with Gasteiger partial charge in [0.1, 0.15) is 5.82 Å². The Morgan fingerprint density at radius 2 is 2.23 bits per heavy atom. The minimum Gasteiger partial charge on any atom is -0.268 e. The molecule has 2 rings (SSSR count). The zero-order valence-electron chi connectivity index (χ0n) is 7.71. The Hall–Kier alpha value is -1.38. The Labute approximate surface area is 76.0 Å². The van der Waals surface area contributed by atoms with Crippen LogP contribution in [0.5, 0.6) is 0 Å². The average molecular weight is 178 g/mol. The van der Waals surface area contributed by atoms with Crippen molar-refractivity contribution in [2.45, 2.75) is 13.3 Å². The van der Waals surface area contributed by atoms with E-state index in [1.807, 2.05) is 14.0 Å². The van der Waals surface area contributed by atoms with Crippen LogP contribution in [0.2, 0.25) is 0 Å². The molecule has 68 valence electrons. The van der Waals surface area contributed by atoms with Gasteiger partial charge in [0.15, 0.2) is 0 Å². The normalized spacial score (nSPS) is 11.0. The summed E-state index contributed by atoms with van der Waals surface area (Å²) in [7, 11) is 1.83. The molecule has 0 atom stereocenters. The average Bonchev–Trinajstić information content (AvgIpc) is 2.43. The monoisotopic (exact) mass is 178 g/mol. The van der Waals surface area contributed by atoms with E-state index in [1.165, 1.54) is 12.1 Å². The first-order valence-electron chi connectivity index (χ1n) is 4.33. The fourth-order valence-electron chi connectivity index (χ4n) is 1.57. The zero-order chi connectivity index (χ0) is 9.42. The Morgan fingerprint density at radius 1 is 1.46 bits per heavy atom. The number of rotatable bonds is 1. The topological polar surface area (TPSA) is 17.8 Å². The zero-order valence-corrected chi connectivity index (χ0v) is 7.71. The van der Waals surface area contributed by atoms with Crippen LogP contribution < -0.4 is 0 Å². The van der Waals surface area contributed by atoms with Gasteiger partial charge in [0.05, 0.1) is 11.2 Å². The number of aromatic nitrogens is 2. The van der Waals surface area contributed by atoms with E-state index in [0.29, 0.717) is 0 Å². The van der Waals surface area contributed by atoms with E-state index < -0.39 is 0 Å². The van der Waals surface area contributed by atoms with Crippen LogP contribution in [0.4, 0.5) is 4.39 Å². The molecule has 0 saturated carbocycles. The van der Waals surface area contributed by atoms with Crippen LogP contribution in [-0.4, -0.2) is 9.78 Å². The maximum atomic E-state index is 12.9. The number of nitrogens with zero attached hydrogens (tertiary/aromatic N) is 2. The van der Waals surface area contributed by atoms with E-state index in [1.54, 1.807) is 10.7 Å². The highest BCUT2D eigenvalue weighted by Gasteiger charge is 2.06. The van der Waals surface area contributed by atoms with Gasteiger partial charge in [-0.3, -0.25) is 4.68 Å². The van der Waals surface area contributed by atoms with Gasteiger partial charge < -0.3 is 0 Å². The van der Waals surface area contributed by atoms with Crippen molar-refractivity contribution in [2.75, 3.05) is 0 Å². The molecule has 0 aliphatic carbocycles. The Kier molecular flexibility index (Phi) is 1.79. The van der Waals surface area contributed by atoms with Gasteiger partial charge in [-0.25, -0.2) is 4.39 Å². The summed E-state index contributed by atoms with van der Waals surface area (Å²) in [6, 6.07) is 4.78. The SMILES string of the molecule is CCc1nn(C)c2cc(F)ccc12. The van der Waals surface area contributed by atoms with Gasteiger partial charge in [-0.05, 0) is 24.6 Å². The molecule has 0 saturated heterocycles. The van der Waals surface area contributed by atoms with Crippen LogP contribution in [0.15, 0.2) is 18.2 Å². The summed E-state index contributed by atoms with van der Waals surface area (Å²) in [5.74, 6) is -0.210. The molecule has 0 unspecified atom stereocenters. The van der Waals surface area contributed by atoms with Gasteiger partial charge in [-0.2, -0.15) is 5.10 Å². The van der Waals surface area contributed by atoms with Crippen molar-refractivity contribution in [1.82, 2.24) is 9.78 Å². The Bertz CT molecular complexity index is 445. The standard InChI is InChI=1S/C10H11FN2/c1-3-9-8-5-4-7(11)6-10(8)13(2)12-9/h4-6H,3H2,1-2H3. The van der Waals surface area contributed by atoms with Crippen LogP contribution in [0.3, 0.4) is 0 Å². The number of fused-ring (bicyclic) bond motifs is 1. The van der Waals surface area contributed by atoms with Gasteiger partial charge in [-0.15, -0.1) is 0 Å². The quantitative estimate of drug-likeness (QED) is 0.655. The first-order chi connectivity index (χ1) is 6.22. The number of benzene rings is 1. The molecule has 1 aromatic carbocycles. The minimum absolute atomic E-state index is 0.210. The van der Waals surface area contributed by atoms with Gasteiger partial charge in [-0.1, -0.05) is 6.92 Å². The van der Waals surface area contributed by atoms with Crippen LogP contribution in [-0.2, 0) is 13.5 Å². The summed E-state index contributed by atoms with van der Waals surface area (Å²) in [6.07, 6.45) is 0.878. The van der Waals surface area contributed by atoms with E-state index in [4.69, 9.17) is 0 Å². The molecule has 0 spiro atoms. The fourth-order valence-corrected chi connectivity index (χ4v) is 1.57. The predicted molar refractivity (Wildman–Crippen MR) is 50.1 cm³/mol. The van der Waals surface area contributed by atoms with E-state index in [0.717, 1.165) is 23.0 Å². The number of aryl methyl sites for hydroxylation is 2. The maximum Gasteiger partial charge on any atom is 0.125 e. The van der Waals surface area contributed by atoms with Crippen molar-refractivity contribution in [3.8, 4) is 0 Å². The van der Waals surface area contributed by atoms with Gasteiger partial charge in [0.25, 0.3) is 0 Å². The highest BCUT2D eigenvalue weighted by molar-refractivity contribution is 5.81. The molecule has 1 heterocycles. The molecule has 0 aliphatic heterocycles. The summed E-state index contributed by atoms with van der Waals surface area (Å²) >= 11 is 0. The number of halogens is 1. The van der Waals surface area contributed by atoms with Crippen molar-refractivity contribution in [3.05, 3.63) is 29.7 Å². The molecule has 2 nitrogen and oxygen atoms in total. The lowest BCUT2D eigenvalue weighted by molar-refractivity contribution is 0.628. The summed E-state index contributed by atoms with van der Waals surface area (Å²) in [5, 5.41) is 5.35. The third kappa shape index (κ3) is 1.20. The molecule has 0 bridgehead atoms. The van der Waals surface area contributed by atoms with Crippen molar-refractivity contribution in [3.63, 3.8) is 0 Å². The molecule has 0 radical (unpaired) electrons. The van der Waals surface area contributed by atoms with E-state index in [9.17, 15) is 4.39 Å². The number of hydrogen-bond donors (Lipinski definition) is 0. The smallest absolute Gasteiger partial charge is 0.125 e. The van der Waals surface area contributed by atoms with E-state index in [2.05, 4.69) is 5.10 Å². The Morgan fingerprint density at radius 3 is 2.92 bits per heavy atom. The summed E-state index contributed by atoms with van der Waals surface area (Å²) in [5.41, 5.74) is 1.88. The Balaban J connectivity index is 2.80. The second-order valence-electron chi connectivity index (χ2n) is 3.09. The maximum absolute atomic E-state index is 12.9. The second-order valence-corrected chi connectivity index (χ2v) is 3.09. The molecule has 2 aromatic rings. The predicted octanol–water partition coefficient (Wildman–Crippen LogP) is 2.27. The lowest BCUT2D eigenvalue weighted by atomic mass is 10.2. The van der Waals surface area contributed by atoms with Crippen LogP contribution in [0.1, 0.15) is 12.6 Å². The molecule has 13 heavy (non-hydrogen) atoms. The van der Waals surface area contributed by atoms with Gasteiger partial charge in [0, 0.05) is 12.4 Å². The summed E-state index contributed by atoms with van der Waals surface area (Å²) < 4.78 is 14.6. The highest BCUT2D eigenvalue weighted by atomic mass is 19.1. The molecule has 0 aliphatic rings. The van der Waals surface area contributed by atoms with E-state index >= 15 is 0 Å². The molecule has 0 fully saturated rings. The highest BCUT2D eigenvalue weighted by Crippen LogP contribution is 2.18. The molecule has 3 heteroatoms. The van der Waals surface area contributed by atoms with Crippen molar-refractivity contribution in [2.24, 2.45) is 7.05 Å². The summed E-state index contributed by atoms with van der Waals surface area (Å²) in [4.78, 5) is 0. The first-order valence-corrected chi connectivity index (χ1v) is 4.33. The van der Waals surface area contributed by atoms with Crippen LogP contribution >= 0.6 is 0 Å². The molecular formula is C10H11FN2. The fraction of sp³-hybridized carbons (Fsp3) is 0.300. The van der Waals surface area contributed by atoms with Crippen molar-refractivity contribution >= 4 is 10.9 Å². The first kappa shape index (κ1) is 8.23. The lowest BCUT2D eigenvalue weighted by Crippen LogP contribution is -1.90. The van der Waals surface area contributed by atoms with Crippen LogP contribution in [0.25, 0.3) is 10.9 Å². The number of hydrogen-bond acceptors (Lipinski definition) is 1. The van der Waals surface area contributed by atoms with Gasteiger partial charge >= 0.3 is 0 Å². The lowest BCUT2D eigenvalue weighted by Gasteiger charge is -1.93. The van der Waals surface area contributed by atoms with Gasteiger partial charge in [0.2, 0.25) is 0 Å². The third-order valence-electron chi connectivity index (χ3n) is 2.22. The molecule has 0 N–H and O–H groups in total. The van der Waals surface area contributed by atoms with Crippen LogP contribution in [0, 0.1) is 5.82 Å². The molecule has 1 aromatic heterocycles. The minimum atomic E-state index is -0.210. The van der Waals surface area contributed by atoms with E-state index in [-0.39, 0.29) is 5.82 Å².